The van der Waals surface area contributed by atoms with Crippen molar-refractivity contribution >= 4 is 11.8 Å². The molecule has 0 unspecified atom stereocenters. The lowest BCUT2D eigenvalue weighted by Gasteiger charge is -2.28. The fourth-order valence-electron chi connectivity index (χ4n) is 2.03. The van der Waals surface area contributed by atoms with E-state index in [2.05, 4.69) is 22.4 Å². The molecule has 0 amide bonds. The van der Waals surface area contributed by atoms with Gasteiger partial charge in [-0.2, -0.15) is 0 Å². The molecule has 0 aliphatic carbocycles. The molecule has 1 aliphatic rings. The lowest BCUT2D eigenvalue weighted by molar-refractivity contribution is -0.137. The molecule has 1 heterocycles. The van der Waals surface area contributed by atoms with E-state index in [1.165, 1.54) is 5.56 Å². The summed E-state index contributed by atoms with van der Waals surface area (Å²) in [6.07, 6.45) is 2.68. The number of aliphatic carboxylic acids is 1. The summed E-state index contributed by atoms with van der Waals surface area (Å²) in [5, 5.41) is 12.0. The molecule has 0 saturated heterocycles. The van der Waals surface area contributed by atoms with Crippen LogP contribution < -0.4 is 5.32 Å². The minimum atomic E-state index is -0.830. The van der Waals surface area contributed by atoms with Crippen molar-refractivity contribution in [3.05, 3.63) is 47.8 Å². The topological polar surface area (TPSA) is 64.9 Å². The highest BCUT2D eigenvalue weighted by Gasteiger charge is 2.16. The molecule has 2 rings (SSSR count). The predicted molar refractivity (Wildman–Crippen MR) is 78.5 cm³/mol. The zero-order valence-electron chi connectivity index (χ0n) is 11.5. The fourth-order valence-corrected chi connectivity index (χ4v) is 2.03. The number of nitrogens with zero attached hydrogens (tertiary/aromatic N) is 2. The van der Waals surface area contributed by atoms with Crippen molar-refractivity contribution in [3.63, 3.8) is 0 Å². The molecule has 2 N–H and O–H groups in total. The molecule has 0 atom stereocenters. The van der Waals surface area contributed by atoms with E-state index >= 15 is 0 Å². The second-order valence-corrected chi connectivity index (χ2v) is 4.74. The summed E-state index contributed by atoms with van der Waals surface area (Å²) in [5.74, 6) is -0.0175. The van der Waals surface area contributed by atoms with Crippen LogP contribution in [0.1, 0.15) is 12.5 Å². The Labute approximate surface area is 118 Å². The van der Waals surface area contributed by atoms with E-state index in [1.807, 2.05) is 25.1 Å². The van der Waals surface area contributed by atoms with Gasteiger partial charge in [0, 0.05) is 18.4 Å². The first kappa shape index (κ1) is 14.1. The number of carboxylic acids is 1. The van der Waals surface area contributed by atoms with Crippen molar-refractivity contribution in [2.24, 2.45) is 4.99 Å². The molecule has 0 saturated carbocycles. The molecule has 0 aromatic heterocycles. The minimum Gasteiger partial charge on any atom is -0.480 e. The van der Waals surface area contributed by atoms with Crippen molar-refractivity contribution < 1.29 is 9.90 Å². The van der Waals surface area contributed by atoms with Gasteiger partial charge in [0.1, 0.15) is 12.4 Å². The first-order valence-corrected chi connectivity index (χ1v) is 6.62. The van der Waals surface area contributed by atoms with Gasteiger partial charge in [-0.3, -0.25) is 9.79 Å². The predicted octanol–water partition coefficient (Wildman–Crippen LogP) is 1.48. The summed E-state index contributed by atoms with van der Waals surface area (Å²) in [6, 6.07) is 10.2. The summed E-state index contributed by atoms with van der Waals surface area (Å²) in [5.41, 5.74) is 2.16. The van der Waals surface area contributed by atoms with Gasteiger partial charge in [-0.25, -0.2) is 0 Å². The van der Waals surface area contributed by atoms with Gasteiger partial charge in [-0.15, -0.1) is 0 Å². The number of benzene rings is 1. The van der Waals surface area contributed by atoms with E-state index in [-0.39, 0.29) is 6.54 Å². The molecule has 0 radical (unpaired) electrons. The number of aliphatic imine (C=N–C) groups is 1. The second-order valence-electron chi connectivity index (χ2n) is 4.74. The normalized spacial score (nSPS) is 16.8. The average Bonchev–Trinajstić information content (AvgIpc) is 2.43. The highest BCUT2D eigenvalue weighted by Crippen LogP contribution is 2.07. The quantitative estimate of drug-likeness (QED) is 0.853. The van der Waals surface area contributed by atoms with E-state index in [4.69, 9.17) is 5.11 Å². The van der Waals surface area contributed by atoms with E-state index in [1.54, 1.807) is 11.1 Å². The minimum absolute atomic E-state index is 0.00170. The third kappa shape index (κ3) is 4.12. The first-order chi connectivity index (χ1) is 9.65. The number of hydrogen-bond acceptors (Lipinski definition) is 3. The molecule has 20 heavy (non-hydrogen) atoms. The Hall–Kier alpha value is -2.30. The molecule has 0 fully saturated rings. The largest absolute Gasteiger partial charge is 0.480 e. The van der Waals surface area contributed by atoms with Crippen molar-refractivity contribution in [1.29, 1.82) is 0 Å². The summed E-state index contributed by atoms with van der Waals surface area (Å²) in [4.78, 5) is 17.1. The highest BCUT2D eigenvalue weighted by molar-refractivity contribution is 5.86. The van der Waals surface area contributed by atoms with E-state index < -0.39 is 5.97 Å². The van der Waals surface area contributed by atoms with Crippen LogP contribution in [0.3, 0.4) is 0 Å². The Balaban J connectivity index is 1.89. The van der Waals surface area contributed by atoms with Crippen molar-refractivity contribution in [3.8, 4) is 0 Å². The molecule has 1 aromatic carbocycles. The van der Waals surface area contributed by atoms with Crippen molar-refractivity contribution in [2.45, 2.75) is 13.3 Å². The standard InChI is InChI=1S/C15H19N3O2/c1-12-9-17-14(10-18(12)11-15(19)20)16-8-7-13-5-3-2-4-6-13/h2-6,9H,7-8,10-11H2,1H3,(H,16,17)(H,19,20). The summed E-state index contributed by atoms with van der Waals surface area (Å²) >= 11 is 0. The smallest absolute Gasteiger partial charge is 0.323 e. The number of nitrogens with one attached hydrogen (secondary N) is 1. The Morgan fingerprint density at radius 2 is 2.15 bits per heavy atom. The van der Waals surface area contributed by atoms with Gasteiger partial charge in [0.25, 0.3) is 0 Å². The summed E-state index contributed by atoms with van der Waals surface area (Å²) < 4.78 is 0. The third-order valence-electron chi connectivity index (χ3n) is 3.16. The highest BCUT2D eigenvalue weighted by atomic mass is 16.4. The Kier molecular flexibility index (Phi) is 4.76. The summed E-state index contributed by atoms with van der Waals surface area (Å²) in [6.45, 7) is 3.10. The monoisotopic (exact) mass is 273 g/mol. The SMILES string of the molecule is CC1=CNC(=NCCc2ccccc2)CN1CC(=O)O. The van der Waals surface area contributed by atoms with Crippen molar-refractivity contribution in [1.82, 2.24) is 10.2 Å². The van der Waals surface area contributed by atoms with Crippen LogP contribution in [0.5, 0.6) is 0 Å². The van der Waals surface area contributed by atoms with Gasteiger partial charge in [0.05, 0.1) is 6.54 Å². The van der Waals surface area contributed by atoms with Crippen LogP contribution in [-0.4, -0.2) is 41.4 Å². The molecule has 0 bridgehead atoms. The van der Waals surface area contributed by atoms with Gasteiger partial charge in [-0.1, -0.05) is 30.3 Å². The Bertz CT molecular complexity index is 523. The number of hydrogen-bond donors (Lipinski definition) is 2. The van der Waals surface area contributed by atoms with Gasteiger partial charge in [-0.05, 0) is 18.9 Å². The molecule has 0 spiro atoms. The maximum absolute atomic E-state index is 10.8. The van der Waals surface area contributed by atoms with Gasteiger partial charge < -0.3 is 15.3 Å². The number of rotatable bonds is 5. The van der Waals surface area contributed by atoms with Crippen molar-refractivity contribution in [2.75, 3.05) is 19.6 Å². The maximum Gasteiger partial charge on any atom is 0.323 e. The van der Waals surface area contributed by atoms with Gasteiger partial charge >= 0.3 is 5.97 Å². The van der Waals surface area contributed by atoms with Crippen LogP contribution in [0.2, 0.25) is 0 Å². The number of amidine groups is 1. The van der Waals surface area contributed by atoms with Crippen LogP contribution >= 0.6 is 0 Å². The van der Waals surface area contributed by atoms with Gasteiger partial charge in [0.2, 0.25) is 0 Å². The number of allylic oxidation sites excluding steroid dienone is 1. The Morgan fingerprint density at radius 3 is 2.85 bits per heavy atom. The lowest BCUT2D eigenvalue weighted by atomic mass is 10.1. The Morgan fingerprint density at radius 1 is 1.40 bits per heavy atom. The molecule has 5 heteroatoms. The van der Waals surface area contributed by atoms with E-state index in [0.29, 0.717) is 13.1 Å². The number of carboxylic acid groups (broad SMARTS) is 1. The molecule has 1 aliphatic heterocycles. The number of carbonyl (C=O) groups is 1. The van der Waals surface area contributed by atoms with E-state index in [0.717, 1.165) is 18.0 Å². The van der Waals surface area contributed by atoms with Crippen LogP contribution in [0.15, 0.2) is 47.2 Å². The fraction of sp³-hybridized carbons (Fsp3) is 0.333. The van der Waals surface area contributed by atoms with Crippen LogP contribution in [0, 0.1) is 0 Å². The lowest BCUT2D eigenvalue weighted by Crippen LogP contribution is -2.42. The summed E-state index contributed by atoms with van der Waals surface area (Å²) in [7, 11) is 0. The van der Waals surface area contributed by atoms with Crippen LogP contribution in [0.4, 0.5) is 0 Å². The molecular weight excluding hydrogens is 254 g/mol. The maximum atomic E-state index is 10.8. The average molecular weight is 273 g/mol. The van der Waals surface area contributed by atoms with Crippen LogP contribution in [0.25, 0.3) is 0 Å². The third-order valence-corrected chi connectivity index (χ3v) is 3.16. The zero-order valence-corrected chi connectivity index (χ0v) is 11.5. The molecule has 1 aromatic rings. The second kappa shape index (κ2) is 6.75. The molecule has 106 valence electrons. The first-order valence-electron chi connectivity index (χ1n) is 6.62. The molecule has 5 nitrogen and oxygen atoms in total. The zero-order chi connectivity index (χ0) is 14.4. The molecular formula is C15H19N3O2. The van der Waals surface area contributed by atoms with E-state index in [9.17, 15) is 4.79 Å². The van der Waals surface area contributed by atoms with Crippen LogP contribution in [-0.2, 0) is 11.2 Å². The van der Waals surface area contributed by atoms with Gasteiger partial charge in [0.15, 0.2) is 0 Å².